The molecule has 1 aliphatic rings. The van der Waals surface area contributed by atoms with E-state index >= 15 is 0 Å². The maximum Gasteiger partial charge on any atom is 0.234 e. The molecule has 1 saturated heterocycles. The quantitative estimate of drug-likeness (QED) is 0.351. The van der Waals surface area contributed by atoms with Crippen molar-refractivity contribution >= 4 is 22.5 Å². The van der Waals surface area contributed by atoms with E-state index in [1.807, 2.05) is 42.7 Å². The number of nitrogens with one attached hydrogen (secondary N) is 1. The summed E-state index contributed by atoms with van der Waals surface area (Å²) in [4.78, 5) is 19.3. The molecule has 1 fully saturated rings. The van der Waals surface area contributed by atoms with Crippen molar-refractivity contribution < 1.29 is 0 Å². The van der Waals surface area contributed by atoms with Crippen LogP contribution in [0.3, 0.4) is 0 Å². The van der Waals surface area contributed by atoms with E-state index in [2.05, 4.69) is 65.1 Å². The van der Waals surface area contributed by atoms with Gasteiger partial charge in [0.05, 0.1) is 11.2 Å². The van der Waals surface area contributed by atoms with E-state index in [0.717, 1.165) is 60.3 Å². The lowest BCUT2D eigenvalue weighted by Crippen LogP contribution is -2.38. The topological polar surface area (TPSA) is 122 Å². The third-order valence-electron chi connectivity index (χ3n) is 7.01. The van der Waals surface area contributed by atoms with Gasteiger partial charge >= 0.3 is 0 Å². The van der Waals surface area contributed by atoms with Crippen LogP contribution in [0.2, 0.25) is 0 Å². The number of nitrogen functional groups attached to an aromatic ring is 1. The van der Waals surface area contributed by atoms with E-state index in [4.69, 9.17) is 11.0 Å². The Balaban J connectivity index is 1.16. The molecular weight excluding hydrogens is 474 g/mol. The highest BCUT2D eigenvalue weighted by Crippen LogP contribution is 2.33. The summed E-state index contributed by atoms with van der Waals surface area (Å²) in [6.07, 6.45) is 9.06. The van der Waals surface area contributed by atoms with Gasteiger partial charge < -0.3 is 15.6 Å². The molecule has 1 aromatic carbocycles. The van der Waals surface area contributed by atoms with Gasteiger partial charge in [-0.05, 0) is 60.9 Å². The number of nitriles is 1. The second-order valence-corrected chi connectivity index (χ2v) is 9.47. The van der Waals surface area contributed by atoms with Crippen molar-refractivity contribution in [2.45, 2.75) is 25.4 Å². The third-order valence-corrected chi connectivity index (χ3v) is 7.01. The standard InChI is InChI=1S/C29H27N9/c30-17-28-33-13-8-27(36-28)35-22-9-14-37(15-10-22)19-20-3-5-23(6-4-20)38-25-7-12-32-18-21(25)16-26(38)24-2-1-11-34-29(24)31/h1-8,11-13,16,18,22H,9-10,14-15,19H2,(H2,31,34)(H,33,35,36). The maximum atomic E-state index is 9.02. The predicted octanol–water partition coefficient (Wildman–Crippen LogP) is 4.41. The van der Waals surface area contributed by atoms with Crippen molar-refractivity contribution in [2.75, 3.05) is 24.1 Å². The van der Waals surface area contributed by atoms with Gasteiger partial charge in [-0.3, -0.25) is 9.88 Å². The van der Waals surface area contributed by atoms with E-state index < -0.39 is 0 Å². The van der Waals surface area contributed by atoms with Gasteiger partial charge in [-0.25, -0.2) is 15.0 Å². The maximum absolute atomic E-state index is 9.02. The highest BCUT2D eigenvalue weighted by Gasteiger charge is 2.20. The Morgan fingerprint density at radius 2 is 1.84 bits per heavy atom. The number of fused-ring (bicyclic) bond motifs is 1. The van der Waals surface area contributed by atoms with Gasteiger partial charge in [-0.1, -0.05) is 12.1 Å². The number of piperidine rings is 1. The van der Waals surface area contributed by atoms with Crippen LogP contribution in [0.4, 0.5) is 11.6 Å². The van der Waals surface area contributed by atoms with Crippen LogP contribution in [-0.4, -0.2) is 48.5 Å². The first kappa shape index (κ1) is 23.6. The lowest BCUT2D eigenvalue weighted by molar-refractivity contribution is 0.211. The van der Waals surface area contributed by atoms with E-state index in [1.54, 1.807) is 12.4 Å². The highest BCUT2D eigenvalue weighted by atomic mass is 15.1. The molecule has 0 unspecified atom stereocenters. The minimum Gasteiger partial charge on any atom is -0.383 e. The second kappa shape index (κ2) is 10.3. The Morgan fingerprint density at radius 1 is 1.00 bits per heavy atom. The Labute approximate surface area is 220 Å². The zero-order valence-electron chi connectivity index (χ0n) is 20.8. The van der Waals surface area contributed by atoms with E-state index in [0.29, 0.717) is 17.7 Å². The molecule has 0 spiro atoms. The van der Waals surface area contributed by atoms with E-state index in [-0.39, 0.29) is 5.82 Å². The number of benzene rings is 1. The molecule has 0 aliphatic carbocycles. The molecule has 38 heavy (non-hydrogen) atoms. The molecule has 0 atom stereocenters. The van der Waals surface area contributed by atoms with Crippen LogP contribution >= 0.6 is 0 Å². The predicted molar refractivity (Wildman–Crippen MR) is 147 cm³/mol. The van der Waals surface area contributed by atoms with Crippen LogP contribution in [0.5, 0.6) is 0 Å². The van der Waals surface area contributed by atoms with Crippen molar-refractivity contribution in [2.24, 2.45) is 0 Å². The monoisotopic (exact) mass is 501 g/mol. The summed E-state index contributed by atoms with van der Waals surface area (Å²) in [5, 5.41) is 13.5. The van der Waals surface area contributed by atoms with Gasteiger partial charge in [0, 0.05) is 67.1 Å². The Hall–Kier alpha value is -4.81. The molecule has 0 bridgehead atoms. The largest absolute Gasteiger partial charge is 0.383 e. The summed E-state index contributed by atoms with van der Waals surface area (Å²) in [5.74, 6) is 1.41. The average Bonchev–Trinajstić information content (AvgIpc) is 3.34. The summed E-state index contributed by atoms with van der Waals surface area (Å²) < 4.78 is 2.22. The van der Waals surface area contributed by atoms with Crippen LogP contribution < -0.4 is 11.1 Å². The molecule has 1 aliphatic heterocycles. The van der Waals surface area contributed by atoms with Crippen LogP contribution in [0, 0.1) is 11.3 Å². The SMILES string of the molecule is N#Cc1nccc(NC2CCN(Cc3ccc(-n4c(-c5cccnc5N)cc5cnccc54)cc3)CC2)n1. The molecule has 0 radical (unpaired) electrons. The molecule has 9 heteroatoms. The van der Waals surface area contributed by atoms with Crippen molar-refractivity contribution in [3.05, 3.63) is 90.8 Å². The molecule has 3 N–H and O–H groups in total. The van der Waals surface area contributed by atoms with Gasteiger partial charge in [0.1, 0.15) is 17.7 Å². The zero-order valence-corrected chi connectivity index (χ0v) is 20.8. The normalized spacial score (nSPS) is 14.4. The number of pyridine rings is 2. The molecule has 0 saturated carbocycles. The average molecular weight is 502 g/mol. The van der Waals surface area contributed by atoms with Crippen molar-refractivity contribution in [1.29, 1.82) is 5.26 Å². The fraction of sp³-hybridized carbons (Fsp3) is 0.207. The Kier molecular flexibility index (Phi) is 6.38. The molecule has 9 nitrogen and oxygen atoms in total. The summed E-state index contributed by atoms with van der Waals surface area (Å²) in [5.41, 5.74) is 11.6. The third kappa shape index (κ3) is 4.77. The first-order chi connectivity index (χ1) is 18.7. The summed E-state index contributed by atoms with van der Waals surface area (Å²) in [6, 6.07) is 20.9. The van der Waals surface area contributed by atoms with Crippen LogP contribution in [0.1, 0.15) is 24.2 Å². The Morgan fingerprint density at radius 3 is 2.63 bits per heavy atom. The zero-order chi connectivity index (χ0) is 25.9. The van der Waals surface area contributed by atoms with Gasteiger partial charge in [0.2, 0.25) is 5.82 Å². The van der Waals surface area contributed by atoms with Crippen LogP contribution in [-0.2, 0) is 6.54 Å². The van der Waals surface area contributed by atoms with E-state index in [1.165, 1.54) is 5.56 Å². The molecule has 6 rings (SSSR count). The lowest BCUT2D eigenvalue weighted by Gasteiger charge is -2.32. The van der Waals surface area contributed by atoms with Crippen LogP contribution in [0.15, 0.2) is 79.4 Å². The van der Waals surface area contributed by atoms with Gasteiger partial charge in [0.15, 0.2) is 0 Å². The van der Waals surface area contributed by atoms with Gasteiger partial charge in [-0.15, -0.1) is 0 Å². The number of aromatic nitrogens is 5. The first-order valence-electron chi connectivity index (χ1n) is 12.7. The molecule has 0 amide bonds. The smallest absolute Gasteiger partial charge is 0.234 e. The second-order valence-electron chi connectivity index (χ2n) is 9.47. The molecule has 5 heterocycles. The van der Waals surface area contributed by atoms with Crippen molar-refractivity contribution in [3.63, 3.8) is 0 Å². The number of anilines is 2. The summed E-state index contributed by atoms with van der Waals surface area (Å²) in [7, 11) is 0. The number of nitrogens with two attached hydrogens (primary N) is 1. The molecular formula is C29H27N9. The fourth-order valence-electron chi connectivity index (χ4n) is 5.11. The number of hydrogen-bond donors (Lipinski definition) is 2. The number of nitrogens with zero attached hydrogens (tertiary/aromatic N) is 7. The minimum absolute atomic E-state index is 0.191. The highest BCUT2D eigenvalue weighted by molar-refractivity contribution is 5.90. The molecule has 4 aromatic heterocycles. The van der Waals surface area contributed by atoms with Gasteiger partial charge in [0.25, 0.3) is 0 Å². The Bertz CT molecular complexity index is 1610. The van der Waals surface area contributed by atoms with Crippen molar-refractivity contribution in [3.8, 4) is 23.0 Å². The summed E-state index contributed by atoms with van der Waals surface area (Å²) >= 11 is 0. The van der Waals surface area contributed by atoms with Gasteiger partial charge in [-0.2, -0.15) is 5.26 Å². The fourth-order valence-corrected chi connectivity index (χ4v) is 5.11. The number of hydrogen-bond acceptors (Lipinski definition) is 8. The minimum atomic E-state index is 0.191. The lowest BCUT2D eigenvalue weighted by atomic mass is 10.0. The van der Waals surface area contributed by atoms with Crippen LogP contribution in [0.25, 0.3) is 27.8 Å². The summed E-state index contributed by atoms with van der Waals surface area (Å²) in [6.45, 7) is 2.89. The molecule has 5 aromatic rings. The van der Waals surface area contributed by atoms with Crippen molar-refractivity contribution in [1.82, 2.24) is 29.4 Å². The number of likely N-dealkylation sites (tertiary alicyclic amines) is 1. The molecule has 188 valence electrons. The van der Waals surface area contributed by atoms with E-state index in [9.17, 15) is 0 Å². The number of rotatable bonds is 6. The first-order valence-corrected chi connectivity index (χ1v) is 12.7.